The molecule has 0 aromatic carbocycles. The molecule has 1 saturated heterocycles. The lowest BCUT2D eigenvalue weighted by Gasteiger charge is -2.36. The van der Waals surface area contributed by atoms with Crippen LogP contribution in [-0.4, -0.2) is 43.0 Å². The Morgan fingerprint density at radius 3 is 2.69 bits per heavy atom. The molecule has 0 radical (unpaired) electrons. The second-order valence-electron chi connectivity index (χ2n) is 4.15. The number of carbonyl (C=O) groups is 1. The van der Waals surface area contributed by atoms with Gasteiger partial charge < -0.3 is 11.1 Å². The molecule has 4 nitrogen and oxygen atoms in total. The van der Waals surface area contributed by atoms with Crippen LogP contribution in [0.5, 0.6) is 0 Å². The molecule has 1 aliphatic heterocycles. The van der Waals surface area contributed by atoms with E-state index < -0.39 is 0 Å². The van der Waals surface area contributed by atoms with Crippen molar-refractivity contribution in [3.05, 3.63) is 0 Å². The molecule has 0 aromatic rings. The zero-order valence-corrected chi connectivity index (χ0v) is 8.42. The zero-order valence-electron chi connectivity index (χ0n) is 8.42. The Bertz CT molecular complexity index is 176. The Morgan fingerprint density at radius 2 is 2.23 bits per heavy atom. The Morgan fingerprint density at radius 1 is 1.62 bits per heavy atom. The molecule has 1 amide bonds. The maximum atomic E-state index is 11.3. The number of nitrogens with two attached hydrogens (primary N) is 1. The third-order valence-corrected chi connectivity index (χ3v) is 2.06. The van der Waals surface area contributed by atoms with Gasteiger partial charge in [-0.25, -0.2) is 0 Å². The maximum absolute atomic E-state index is 11.3. The molecular weight excluding hydrogens is 166 g/mol. The van der Waals surface area contributed by atoms with Crippen molar-refractivity contribution in [1.29, 1.82) is 0 Å². The third-order valence-electron chi connectivity index (χ3n) is 2.06. The van der Waals surface area contributed by atoms with Gasteiger partial charge in [-0.1, -0.05) is 13.8 Å². The van der Waals surface area contributed by atoms with Crippen LogP contribution in [0.2, 0.25) is 0 Å². The molecule has 13 heavy (non-hydrogen) atoms. The minimum absolute atomic E-state index is 0.112. The molecule has 3 N–H and O–H groups in total. The molecule has 0 aliphatic carbocycles. The first-order chi connectivity index (χ1) is 6.08. The Balaban J connectivity index is 2.05. The first-order valence-electron chi connectivity index (χ1n) is 4.82. The van der Waals surface area contributed by atoms with Crippen LogP contribution in [0.1, 0.15) is 13.8 Å². The molecule has 1 aliphatic rings. The quantitative estimate of drug-likeness (QED) is 0.615. The number of hydrogen-bond donors (Lipinski definition) is 2. The molecule has 0 aromatic heterocycles. The van der Waals surface area contributed by atoms with Crippen molar-refractivity contribution < 1.29 is 4.79 Å². The van der Waals surface area contributed by atoms with Crippen LogP contribution in [-0.2, 0) is 4.79 Å². The van der Waals surface area contributed by atoms with Gasteiger partial charge in [-0.2, -0.15) is 0 Å². The molecule has 0 saturated carbocycles. The number of rotatable bonds is 4. The van der Waals surface area contributed by atoms with Crippen LogP contribution < -0.4 is 11.1 Å². The third kappa shape index (κ3) is 3.74. The fourth-order valence-electron chi connectivity index (χ4n) is 1.32. The number of amides is 1. The first kappa shape index (κ1) is 10.5. The minimum Gasteiger partial charge on any atom is -0.355 e. The lowest BCUT2D eigenvalue weighted by molar-refractivity contribution is -0.123. The van der Waals surface area contributed by atoms with Crippen LogP contribution in [0.25, 0.3) is 0 Å². The van der Waals surface area contributed by atoms with Gasteiger partial charge in [-0.05, 0) is 5.92 Å². The Hall–Kier alpha value is -0.610. The second kappa shape index (κ2) is 4.58. The molecule has 76 valence electrons. The number of nitrogens with zero attached hydrogens (tertiary/aromatic N) is 1. The van der Waals surface area contributed by atoms with Gasteiger partial charge in [-0.15, -0.1) is 0 Å². The standard InChI is InChI=1S/C9H19N3O/c1-7(2)3-11-9(13)6-12-4-8(10)5-12/h7-8H,3-6,10H2,1-2H3,(H,11,13). The number of hydrogen-bond acceptors (Lipinski definition) is 3. The first-order valence-corrected chi connectivity index (χ1v) is 4.82. The summed E-state index contributed by atoms with van der Waals surface area (Å²) in [7, 11) is 0. The van der Waals surface area contributed by atoms with Crippen molar-refractivity contribution in [2.75, 3.05) is 26.2 Å². The van der Waals surface area contributed by atoms with E-state index in [2.05, 4.69) is 24.1 Å². The van der Waals surface area contributed by atoms with Gasteiger partial charge in [0.15, 0.2) is 0 Å². The predicted molar refractivity (Wildman–Crippen MR) is 52.3 cm³/mol. The highest BCUT2D eigenvalue weighted by molar-refractivity contribution is 5.78. The van der Waals surface area contributed by atoms with Crippen LogP contribution >= 0.6 is 0 Å². The highest BCUT2D eigenvalue weighted by Crippen LogP contribution is 2.03. The molecule has 1 fully saturated rings. The summed E-state index contributed by atoms with van der Waals surface area (Å²) in [6.07, 6.45) is 0. The second-order valence-corrected chi connectivity index (χ2v) is 4.15. The predicted octanol–water partition coefficient (Wildman–Crippen LogP) is -0.598. The SMILES string of the molecule is CC(C)CNC(=O)CN1CC(N)C1. The summed E-state index contributed by atoms with van der Waals surface area (Å²) >= 11 is 0. The molecule has 0 spiro atoms. The van der Waals surface area contributed by atoms with Gasteiger partial charge in [0.05, 0.1) is 6.54 Å². The fraction of sp³-hybridized carbons (Fsp3) is 0.889. The normalized spacial score (nSPS) is 18.8. The summed E-state index contributed by atoms with van der Waals surface area (Å²) in [6, 6.07) is 0.276. The van der Waals surface area contributed by atoms with E-state index in [0.717, 1.165) is 19.6 Å². The van der Waals surface area contributed by atoms with E-state index in [-0.39, 0.29) is 11.9 Å². The lowest BCUT2D eigenvalue weighted by Crippen LogP contribution is -2.58. The zero-order chi connectivity index (χ0) is 9.84. The summed E-state index contributed by atoms with van der Waals surface area (Å²) < 4.78 is 0. The van der Waals surface area contributed by atoms with Gasteiger partial charge in [0.1, 0.15) is 0 Å². The van der Waals surface area contributed by atoms with Crippen molar-refractivity contribution in [1.82, 2.24) is 10.2 Å². The van der Waals surface area contributed by atoms with E-state index in [1.807, 2.05) is 0 Å². The van der Waals surface area contributed by atoms with E-state index >= 15 is 0 Å². The molecule has 0 unspecified atom stereocenters. The van der Waals surface area contributed by atoms with E-state index in [1.54, 1.807) is 0 Å². The van der Waals surface area contributed by atoms with E-state index in [9.17, 15) is 4.79 Å². The average molecular weight is 185 g/mol. The summed E-state index contributed by atoms with van der Waals surface area (Å²) in [4.78, 5) is 13.3. The van der Waals surface area contributed by atoms with Gasteiger partial charge in [-0.3, -0.25) is 9.69 Å². The summed E-state index contributed by atoms with van der Waals surface area (Å²) in [5.74, 6) is 0.628. The van der Waals surface area contributed by atoms with Gasteiger partial charge in [0.25, 0.3) is 0 Å². The average Bonchev–Trinajstić information content (AvgIpc) is 1.98. The molecule has 0 atom stereocenters. The Kier molecular flexibility index (Phi) is 3.69. The van der Waals surface area contributed by atoms with Gasteiger partial charge >= 0.3 is 0 Å². The van der Waals surface area contributed by atoms with Crippen molar-refractivity contribution in [2.24, 2.45) is 11.7 Å². The van der Waals surface area contributed by atoms with E-state index in [4.69, 9.17) is 5.73 Å². The largest absolute Gasteiger partial charge is 0.355 e. The van der Waals surface area contributed by atoms with Crippen molar-refractivity contribution in [2.45, 2.75) is 19.9 Å². The smallest absolute Gasteiger partial charge is 0.234 e. The summed E-state index contributed by atoms with van der Waals surface area (Å²) in [5.41, 5.74) is 5.59. The van der Waals surface area contributed by atoms with Crippen LogP contribution in [0.15, 0.2) is 0 Å². The van der Waals surface area contributed by atoms with Crippen LogP contribution in [0, 0.1) is 5.92 Å². The molecular formula is C9H19N3O. The number of nitrogens with one attached hydrogen (secondary N) is 1. The highest BCUT2D eigenvalue weighted by atomic mass is 16.2. The highest BCUT2D eigenvalue weighted by Gasteiger charge is 2.24. The molecule has 1 heterocycles. The molecule has 4 heteroatoms. The summed E-state index contributed by atoms with van der Waals surface area (Å²) in [5, 5.41) is 2.87. The summed E-state index contributed by atoms with van der Waals surface area (Å²) in [6.45, 7) is 7.14. The molecule has 0 bridgehead atoms. The van der Waals surface area contributed by atoms with Crippen molar-refractivity contribution in [3.8, 4) is 0 Å². The van der Waals surface area contributed by atoms with E-state index in [1.165, 1.54) is 0 Å². The number of likely N-dealkylation sites (tertiary alicyclic amines) is 1. The fourth-order valence-corrected chi connectivity index (χ4v) is 1.32. The van der Waals surface area contributed by atoms with Crippen LogP contribution in [0.3, 0.4) is 0 Å². The minimum atomic E-state index is 0.112. The molecule has 1 rings (SSSR count). The maximum Gasteiger partial charge on any atom is 0.234 e. The van der Waals surface area contributed by atoms with Gasteiger partial charge in [0, 0.05) is 25.7 Å². The van der Waals surface area contributed by atoms with Crippen LogP contribution in [0.4, 0.5) is 0 Å². The monoisotopic (exact) mass is 185 g/mol. The lowest BCUT2D eigenvalue weighted by atomic mass is 10.1. The number of carbonyl (C=O) groups excluding carboxylic acids is 1. The van der Waals surface area contributed by atoms with Crippen molar-refractivity contribution >= 4 is 5.91 Å². The van der Waals surface area contributed by atoms with E-state index in [0.29, 0.717) is 12.5 Å². The Labute approximate surface area is 79.5 Å². The van der Waals surface area contributed by atoms with Gasteiger partial charge in [0.2, 0.25) is 5.91 Å². The topological polar surface area (TPSA) is 58.4 Å². The van der Waals surface area contributed by atoms with Crippen molar-refractivity contribution in [3.63, 3.8) is 0 Å².